The summed E-state index contributed by atoms with van der Waals surface area (Å²) in [6.07, 6.45) is 3.70. The van der Waals surface area contributed by atoms with Gasteiger partial charge in [-0.2, -0.15) is 5.26 Å². The lowest BCUT2D eigenvalue weighted by molar-refractivity contribution is 0.0274. The van der Waals surface area contributed by atoms with Crippen molar-refractivity contribution in [3.05, 3.63) is 21.9 Å². The first kappa shape index (κ1) is 9.86. The van der Waals surface area contributed by atoms with Gasteiger partial charge in [-0.3, -0.25) is 4.79 Å². The summed E-state index contributed by atoms with van der Waals surface area (Å²) in [5.41, 5.74) is 0. The van der Waals surface area contributed by atoms with E-state index in [4.69, 9.17) is 5.26 Å². The average Bonchev–Trinajstić information content (AvgIpc) is 2.86. The predicted octanol–water partition coefficient (Wildman–Crippen LogP) is 2.24. The second kappa shape index (κ2) is 3.60. The maximum absolute atomic E-state index is 12.1. The second-order valence-corrected chi connectivity index (χ2v) is 5.58. The first-order chi connectivity index (χ1) is 7.79. The molecule has 1 saturated heterocycles. The van der Waals surface area contributed by atoms with E-state index in [1.165, 1.54) is 24.2 Å². The largest absolute Gasteiger partial charge is 0.334 e. The van der Waals surface area contributed by atoms with Crippen LogP contribution in [0.25, 0.3) is 0 Å². The molecule has 0 bridgehead atoms. The van der Waals surface area contributed by atoms with Crippen LogP contribution in [0.1, 0.15) is 33.8 Å². The van der Waals surface area contributed by atoms with Crippen LogP contribution in [0.3, 0.4) is 0 Å². The van der Waals surface area contributed by atoms with Gasteiger partial charge in [-0.05, 0) is 30.9 Å². The van der Waals surface area contributed by atoms with Gasteiger partial charge in [0.05, 0.1) is 4.88 Å². The maximum Gasteiger partial charge on any atom is 0.264 e. The van der Waals surface area contributed by atoms with Crippen molar-refractivity contribution in [2.24, 2.45) is 5.92 Å². The lowest BCUT2D eigenvalue weighted by Crippen LogP contribution is -2.55. The van der Waals surface area contributed by atoms with Crippen molar-refractivity contribution in [3.63, 3.8) is 0 Å². The highest BCUT2D eigenvalue weighted by atomic mass is 32.1. The minimum absolute atomic E-state index is 0.120. The van der Waals surface area contributed by atoms with Gasteiger partial charge in [0.25, 0.3) is 5.91 Å². The molecule has 1 aliphatic carbocycles. The van der Waals surface area contributed by atoms with Crippen molar-refractivity contribution < 1.29 is 4.79 Å². The van der Waals surface area contributed by atoms with Crippen molar-refractivity contribution >= 4 is 17.2 Å². The normalized spacial score (nSPS) is 27.1. The zero-order chi connectivity index (χ0) is 11.1. The Balaban J connectivity index is 1.76. The summed E-state index contributed by atoms with van der Waals surface area (Å²) in [6, 6.07) is 6.06. The smallest absolute Gasteiger partial charge is 0.264 e. The molecule has 2 fully saturated rings. The van der Waals surface area contributed by atoms with Crippen LogP contribution in [0.2, 0.25) is 0 Å². The van der Waals surface area contributed by atoms with Crippen LogP contribution in [-0.4, -0.2) is 23.4 Å². The molecular formula is C12H12N2OS. The Kier molecular flexibility index (Phi) is 2.22. The Morgan fingerprint density at radius 1 is 1.50 bits per heavy atom. The maximum atomic E-state index is 12.1. The van der Waals surface area contributed by atoms with Gasteiger partial charge in [0.15, 0.2) is 0 Å². The number of hydrogen-bond acceptors (Lipinski definition) is 3. The molecule has 0 spiro atoms. The highest BCUT2D eigenvalue weighted by Crippen LogP contribution is 2.40. The molecule has 1 aromatic heterocycles. The number of fused-ring (bicyclic) bond motifs is 1. The zero-order valence-electron chi connectivity index (χ0n) is 8.85. The number of carbonyl (C=O) groups is 1. The van der Waals surface area contributed by atoms with E-state index in [1.807, 2.05) is 4.90 Å². The summed E-state index contributed by atoms with van der Waals surface area (Å²) in [5, 5.41) is 8.73. The number of carbonyl (C=O) groups excluding carboxylic acids is 1. The molecule has 3 nitrogen and oxygen atoms in total. The van der Waals surface area contributed by atoms with Crippen molar-refractivity contribution in [2.45, 2.75) is 25.3 Å². The van der Waals surface area contributed by atoms with Gasteiger partial charge < -0.3 is 4.90 Å². The minimum Gasteiger partial charge on any atom is -0.334 e. The third kappa shape index (κ3) is 1.35. The molecule has 1 aromatic rings. The summed E-state index contributed by atoms with van der Waals surface area (Å²) in [4.78, 5) is 15.4. The molecule has 0 radical (unpaired) electrons. The van der Waals surface area contributed by atoms with Crippen LogP contribution >= 0.6 is 11.3 Å². The van der Waals surface area contributed by atoms with Crippen LogP contribution in [-0.2, 0) is 0 Å². The zero-order valence-corrected chi connectivity index (χ0v) is 9.67. The monoisotopic (exact) mass is 232 g/mol. The fraction of sp³-hybridized carbons (Fsp3) is 0.500. The van der Waals surface area contributed by atoms with Crippen LogP contribution in [0.5, 0.6) is 0 Å². The van der Waals surface area contributed by atoms with Gasteiger partial charge in [0.2, 0.25) is 0 Å². The topological polar surface area (TPSA) is 44.1 Å². The fourth-order valence-corrected chi connectivity index (χ4v) is 3.54. The highest BCUT2D eigenvalue weighted by molar-refractivity contribution is 7.14. The van der Waals surface area contributed by atoms with Gasteiger partial charge in [-0.15, -0.1) is 11.3 Å². The van der Waals surface area contributed by atoms with Crippen LogP contribution in [0.4, 0.5) is 0 Å². The number of thiophene rings is 1. The van der Waals surface area contributed by atoms with Crippen molar-refractivity contribution in [1.29, 1.82) is 5.26 Å². The highest BCUT2D eigenvalue weighted by Gasteiger charge is 2.44. The molecule has 0 aromatic carbocycles. The molecule has 1 amide bonds. The van der Waals surface area contributed by atoms with Crippen molar-refractivity contribution in [3.8, 4) is 6.07 Å². The van der Waals surface area contributed by atoms with Crippen LogP contribution < -0.4 is 0 Å². The van der Waals surface area contributed by atoms with Gasteiger partial charge >= 0.3 is 0 Å². The lowest BCUT2D eigenvalue weighted by Gasteiger charge is -2.44. The van der Waals surface area contributed by atoms with E-state index in [0.717, 1.165) is 18.9 Å². The first-order valence-electron chi connectivity index (χ1n) is 5.60. The third-order valence-electron chi connectivity index (χ3n) is 3.64. The Morgan fingerprint density at radius 2 is 2.38 bits per heavy atom. The molecule has 2 unspecified atom stereocenters. The quantitative estimate of drug-likeness (QED) is 0.745. The predicted molar refractivity (Wildman–Crippen MR) is 61.2 cm³/mol. The van der Waals surface area contributed by atoms with Gasteiger partial charge in [0, 0.05) is 12.6 Å². The first-order valence-corrected chi connectivity index (χ1v) is 6.42. The second-order valence-electron chi connectivity index (χ2n) is 4.49. The third-order valence-corrected chi connectivity index (χ3v) is 4.62. The van der Waals surface area contributed by atoms with Gasteiger partial charge in [-0.25, -0.2) is 0 Å². The summed E-state index contributed by atoms with van der Waals surface area (Å²) >= 11 is 1.30. The van der Waals surface area contributed by atoms with Crippen molar-refractivity contribution in [1.82, 2.24) is 4.90 Å². The SMILES string of the molecule is N#Cc1ccc(C(=O)N2CC3CCCC32)s1. The summed E-state index contributed by atoms with van der Waals surface area (Å²) in [5.74, 6) is 0.869. The van der Waals surface area contributed by atoms with E-state index >= 15 is 0 Å². The van der Waals surface area contributed by atoms with Crippen LogP contribution in [0.15, 0.2) is 12.1 Å². The Morgan fingerprint density at radius 3 is 3.06 bits per heavy atom. The molecule has 2 atom stereocenters. The Bertz CT molecular complexity index is 474. The summed E-state index contributed by atoms with van der Waals surface area (Å²) < 4.78 is 0. The average molecular weight is 232 g/mol. The van der Waals surface area contributed by atoms with Crippen molar-refractivity contribution in [2.75, 3.05) is 6.54 Å². The molecular weight excluding hydrogens is 220 g/mol. The molecule has 3 rings (SSSR count). The molecule has 82 valence electrons. The lowest BCUT2D eigenvalue weighted by atomic mass is 9.92. The molecule has 2 heterocycles. The molecule has 0 N–H and O–H groups in total. The van der Waals surface area contributed by atoms with Gasteiger partial charge in [0.1, 0.15) is 10.9 Å². The number of rotatable bonds is 1. The Hall–Kier alpha value is -1.34. The molecule has 1 aliphatic heterocycles. The summed E-state index contributed by atoms with van der Waals surface area (Å²) in [7, 11) is 0. The molecule has 16 heavy (non-hydrogen) atoms. The molecule has 4 heteroatoms. The van der Waals surface area contributed by atoms with E-state index in [-0.39, 0.29) is 5.91 Å². The summed E-state index contributed by atoms with van der Waals surface area (Å²) in [6.45, 7) is 0.920. The van der Waals surface area contributed by atoms with Gasteiger partial charge in [-0.1, -0.05) is 6.42 Å². The van der Waals surface area contributed by atoms with E-state index < -0.39 is 0 Å². The van der Waals surface area contributed by atoms with E-state index in [9.17, 15) is 4.79 Å². The van der Waals surface area contributed by atoms with Crippen LogP contribution in [0, 0.1) is 17.2 Å². The number of nitriles is 1. The standard InChI is InChI=1S/C12H12N2OS/c13-6-9-4-5-11(16-9)12(15)14-7-8-2-1-3-10(8)14/h4-5,8,10H,1-3,7H2. The molecule has 1 saturated carbocycles. The van der Waals surface area contributed by atoms with E-state index in [0.29, 0.717) is 15.8 Å². The fourth-order valence-electron chi connectivity index (χ4n) is 2.78. The molecule has 2 aliphatic rings. The number of hydrogen-bond donors (Lipinski definition) is 0. The Labute approximate surface area is 98.3 Å². The number of nitrogens with zero attached hydrogens (tertiary/aromatic N) is 2. The minimum atomic E-state index is 0.120. The van der Waals surface area contributed by atoms with E-state index in [1.54, 1.807) is 12.1 Å². The van der Waals surface area contributed by atoms with E-state index in [2.05, 4.69) is 6.07 Å². The number of amides is 1. The number of likely N-dealkylation sites (tertiary alicyclic amines) is 1.